The molecule has 1 aromatic rings. The van der Waals surface area contributed by atoms with Gasteiger partial charge in [-0.15, -0.1) is 0 Å². The minimum Gasteiger partial charge on any atom is -0.464 e. The Hall–Kier alpha value is -2.32. The molecule has 1 aliphatic rings. The molecule has 0 saturated carbocycles. The van der Waals surface area contributed by atoms with Crippen molar-refractivity contribution in [3.63, 3.8) is 0 Å². The van der Waals surface area contributed by atoms with E-state index in [1.165, 1.54) is 12.1 Å². The van der Waals surface area contributed by atoms with Gasteiger partial charge in [-0.05, 0) is 37.5 Å². The van der Waals surface area contributed by atoms with Crippen LogP contribution in [0.3, 0.4) is 0 Å². The maximum atomic E-state index is 12.4. The monoisotopic (exact) mass is 368 g/mol. The van der Waals surface area contributed by atoms with Crippen LogP contribution in [-0.4, -0.2) is 53.9 Å². The minimum absolute atomic E-state index is 0.0496. The molecule has 1 aromatic carbocycles. The van der Waals surface area contributed by atoms with Crippen molar-refractivity contribution in [3.05, 3.63) is 23.8 Å². The Kier molecular flexibility index (Phi) is 6.82. The first kappa shape index (κ1) is 20.0. The summed E-state index contributed by atoms with van der Waals surface area (Å²) in [7, 11) is 0. The Morgan fingerprint density at radius 3 is 2.54 bits per heavy atom. The van der Waals surface area contributed by atoms with Crippen LogP contribution in [0.25, 0.3) is 0 Å². The van der Waals surface area contributed by atoms with Crippen molar-refractivity contribution >= 4 is 11.9 Å². The molecule has 0 bridgehead atoms. The molecule has 2 N–H and O–H groups in total. The number of benzene rings is 1. The summed E-state index contributed by atoms with van der Waals surface area (Å²) < 4.78 is 20.5. The molecule has 0 aliphatic carbocycles. The Bertz CT molecular complexity index is 642. The molecule has 0 fully saturated rings. The van der Waals surface area contributed by atoms with Crippen molar-refractivity contribution < 1.29 is 38.7 Å². The van der Waals surface area contributed by atoms with Gasteiger partial charge in [0.05, 0.1) is 12.2 Å². The molecule has 8 nitrogen and oxygen atoms in total. The van der Waals surface area contributed by atoms with Gasteiger partial charge >= 0.3 is 11.9 Å². The van der Waals surface area contributed by atoms with E-state index >= 15 is 0 Å². The summed E-state index contributed by atoms with van der Waals surface area (Å²) in [5, 5.41) is 20.3. The lowest BCUT2D eigenvalue weighted by molar-refractivity contribution is -0.165. The highest BCUT2D eigenvalue weighted by Crippen LogP contribution is 2.33. The van der Waals surface area contributed by atoms with Crippen molar-refractivity contribution in [2.45, 2.75) is 45.5 Å². The van der Waals surface area contributed by atoms with E-state index < -0.39 is 30.3 Å². The molecule has 0 spiro atoms. The van der Waals surface area contributed by atoms with Gasteiger partial charge in [0, 0.05) is 0 Å². The van der Waals surface area contributed by atoms with E-state index in [-0.39, 0.29) is 31.3 Å². The van der Waals surface area contributed by atoms with E-state index in [2.05, 4.69) is 0 Å². The second-order valence-corrected chi connectivity index (χ2v) is 6.33. The number of fused-ring (bicyclic) bond motifs is 1. The van der Waals surface area contributed by atoms with Crippen LogP contribution in [0, 0.1) is 5.92 Å². The third kappa shape index (κ3) is 4.86. The highest BCUT2D eigenvalue weighted by atomic mass is 16.7. The largest absolute Gasteiger partial charge is 0.464 e. The second kappa shape index (κ2) is 8.86. The normalized spacial score (nSPS) is 16.1. The summed E-state index contributed by atoms with van der Waals surface area (Å²) in [6, 6.07) is 4.57. The van der Waals surface area contributed by atoms with Crippen LogP contribution in [0.1, 0.15) is 37.6 Å². The molecule has 1 aliphatic heterocycles. The van der Waals surface area contributed by atoms with E-state index in [4.69, 9.17) is 18.9 Å². The number of hydrogen-bond donors (Lipinski definition) is 2. The van der Waals surface area contributed by atoms with Gasteiger partial charge in [-0.2, -0.15) is 0 Å². The zero-order chi connectivity index (χ0) is 19.3. The third-order valence-electron chi connectivity index (χ3n) is 3.80. The number of hydrogen-bond acceptors (Lipinski definition) is 8. The Balaban J connectivity index is 2.11. The molecule has 8 heteroatoms. The van der Waals surface area contributed by atoms with E-state index in [1.807, 2.05) is 13.8 Å². The minimum atomic E-state index is -1.80. The lowest BCUT2D eigenvalue weighted by atomic mass is 9.98. The predicted molar refractivity (Wildman–Crippen MR) is 89.9 cm³/mol. The van der Waals surface area contributed by atoms with Gasteiger partial charge in [-0.3, -0.25) is 0 Å². The first-order valence-electron chi connectivity index (χ1n) is 8.46. The van der Waals surface area contributed by atoms with Crippen molar-refractivity contribution in [2.75, 3.05) is 13.4 Å². The van der Waals surface area contributed by atoms with Gasteiger partial charge in [0.1, 0.15) is 12.2 Å². The molecule has 0 radical (unpaired) electrons. The van der Waals surface area contributed by atoms with Crippen molar-refractivity contribution in [3.8, 4) is 11.5 Å². The summed E-state index contributed by atoms with van der Waals surface area (Å²) in [6.45, 7) is 5.46. The number of aliphatic hydroxyl groups is 2. The van der Waals surface area contributed by atoms with E-state index in [0.29, 0.717) is 11.5 Å². The predicted octanol–water partition coefficient (Wildman–Crippen LogP) is 1.27. The molecule has 144 valence electrons. The molecular weight excluding hydrogens is 344 g/mol. The Labute approximate surface area is 151 Å². The van der Waals surface area contributed by atoms with Crippen LogP contribution in [0.4, 0.5) is 0 Å². The molecule has 0 aromatic heterocycles. The van der Waals surface area contributed by atoms with Gasteiger partial charge in [0.25, 0.3) is 0 Å². The average Bonchev–Trinajstić information content (AvgIpc) is 3.07. The van der Waals surface area contributed by atoms with Gasteiger partial charge in [0.2, 0.25) is 6.79 Å². The molecule has 0 amide bonds. The van der Waals surface area contributed by atoms with Crippen molar-refractivity contribution in [2.24, 2.45) is 5.92 Å². The highest BCUT2D eigenvalue weighted by Gasteiger charge is 2.35. The molecule has 2 rings (SSSR count). The number of rotatable bonds is 8. The maximum Gasteiger partial charge on any atom is 0.338 e. The van der Waals surface area contributed by atoms with Crippen LogP contribution >= 0.6 is 0 Å². The van der Waals surface area contributed by atoms with Gasteiger partial charge < -0.3 is 29.2 Å². The summed E-state index contributed by atoms with van der Waals surface area (Å²) >= 11 is 0. The van der Waals surface area contributed by atoms with Crippen LogP contribution in [0.2, 0.25) is 0 Å². The smallest absolute Gasteiger partial charge is 0.338 e. The van der Waals surface area contributed by atoms with Crippen molar-refractivity contribution in [1.82, 2.24) is 0 Å². The van der Waals surface area contributed by atoms with Gasteiger partial charge in [-0.25, -0.2) is 9.59 Å². The number of esters is 2. The molecule has 0 saturated heterocycles. The fourth-order valence-corrected chi connectivity index (χ4v) is 2.52. The fourth-order valence-electron chi connectivity index (χ4n) is 2.52. The lowest BCUT2D eigenvalue weighted by Crippen LogP contribution is -2.45. The Morgan fingerprint density at radius 2 is 1.88 bits per heavy atom. The molecule has 26 heavy (non-hydrogen) atoms. The Morgan fingerprint density at radius 1 is 1.19 bits per heavy atom. The number of carbonyl (C=O) groups excluding carboxylic acids is 2. The first-order valence-corrected chi connectivity index (χ1v) is 8.46. The SMILES string of the molecule is CCOC(=O)[C@@H](O)[C@@H](O)[C@@H](CC(C)C)OC(=O)c1ccc2c(c1)OCO2. The molecular formula is C18H24O8. The van der Waals surface area contributed by atoms with Crippen LogP contribution < -0.4 is 9.47 Å². The zero-order valence-corrected chi connectivity index (χ0v) is 15.0. The van der Waals surface area contributed by atoms with Crippen LogP contribution in [-0.2, 0) is 14.3 Å². The molecule has 0 unspecified atom stereocenters. The number of carbonyl (C=O) groups is 2. The fraction of sp³-hybridized carbons (Fsp3) is 0.556. The molecule has 3 atom stereocenters. The number of ether oxygens (including phenoxy) is 4. The van der Waals surface area contributed by atoms with Crippen LogP contribution in [0.15, 0.2) is 18.2 Å². The molecule has 1 heterocycles. The van der Waals surface area contributed by atoms with Crippen LogP contribution in [0.5, 0.6) is 11.5 Å². The first-order chi connectivity index (χ1) is 12.3. The topological polar surface area (TPSA) is 112 Å². The average molecular weight is 368 g/mol. The lowest BCUT2D eigenvalue weighted by Gasteiger charge is -2.27. The number of aliphatic hydroxyl groups excluding tert-OH is 2. The summed E-state index contributed by atoms with van der Waals surface area (Å²) in [4.78, 5) is 24.1. The zero-order valence-electron chi connectivity index (χ0n) is 15.0. The van der Waals surface area contributed by atoms with Crippen molar-refractivity contribution in [1.29, 1.82) is 0 Å². The summed E-state index contributed by atoms with van der Waals surface area (Å²) in [5.41, 5.74) is 0.209. The standard InChI is InChI=1S/C18H24O8/c1-4-23-18(22)16(20)15(19)14(7-10(2)3)26-17(21)11-5-6-12-13(8-11)25-9-24-12/h5-6,8,10,14-16,19-20H,4,7,9H2,1-3H3/t14-,15+,16+/m1/s1. The quantitative estimate of drug-likeness (QED) is 0.660. The van der Waals surface area contributed by atoms with Gasteiger partial charge in [-0.1, -0.05) is 13.8 Å². The van der Waals surface area contributed by atoms with E-state index in [9.17, 15) is 19.8 Å². The van der Waals surface area contributed by atoms with Gasteiger partial charge in [0.15, 0.2) is 17.6 Å². The third-order valence-corrected chi connectivity index (χ3v) is 3.80. The highest BCUT2D eigenvalue weighted by molar-refractivity contribution is 5.90. The second-order valence-electron chi connectivity index (χ2n) is 6.33. The van der Waals surface area contributed by atoms with E-state index in [1.54, 1.807) is 13.0 Å². The summed E-state index contributed by atoms with van der Waals surface area (Å²) in [5.74, 6) is -0.671. The summed E-state index contributed by atoms with van der Waals surface area (Å²) in [6.07, 6.45) is -4.22. The van der Waals surface area contributed by atoms with E-state index in [0.717, 1.165) is 0 Å². The maximum absolute atomic E-state index is 12.4.